The van der Waals surface area contributed by atoms with E-state index in [2.05, 4.69) is 28.8 Å². The zero-order valence-electron chi connectivity index (χ0n) is 17.9. The fourth-order valence-corrected chi connectivity index (χ4v) is 3.96. The van der Waals surface area contributed by atoms with E-state index in [9.17, 15) is 9.59 Å². The number of fused-ring (bicyclic) bond motifs is 3. The molecule has 5 nitrogen and oxygen atoms in total. The molecule has 0 fully saturated rings. The van der Waals surface area contributed by atoms with E-state index in [1.807, 2.05) is 61.5 Å². The highest BCUT2D eigenvalue weighted by Crippen LogP contribution is 2.31. The van der Waals surface area contributed by atoms with Gasteiger partial charge < -0.3 is 9.40 Å². The fourth-order valence-electron chi connectivity index (χ4n) is 3.96. The minimum absolute atomic E-state index is 0.00159. The van der Waals surface area contributed by atoms with Gasteiger partial charge in [0.1, 0.15) is 0 Å². The first-order valence-corrected chi connectivity index (χ1v) is 10.4. The van der Waals surface area contributed by atoms with E-state index in [0.717, 1.165) is 33.9 Å². The zero-order chi connectivity index (χ0) is 22.0. The monoisotopic (exact) mass is 412 g/mol. The van der Waals surface area contributed by atoms with E-state index in [-0.39, 0.29) is 5.78 Å². The number of hydrogen-bond donors (Lipinski definition) is 0. The molecule has 0 atom stereocenters. The number of carbonyl (C=O) groups is 2. The van der Waals surface area contributed by atoms with E-state index in [1.54, 1.807) is 0 Å². The van der Waals surface area contributed by atoms with Crippen LogP contribution in [0.4, 0.5) is 0 Å². The minimum atomic E-state index is -0.446. The summed E-state index contributed by atoms with van der Waals surface area (Å²) in [6, 6.07) is 21.3. The van der Waals surface area contributed by atoms with Gasteiger partial charge in [-0.1, -0.05) is 48.5 Å². The first-order chi connectivity index (χ1) is 15.0. The number of oxime groups is 1. The second kappa shape index (κ2) is 8.56. The molecule has 0 radical (unpaired) electrons. The molecule has 4 rings (SSSR count). The van der Waals surface area contributed by atoms with E-state index in [1.165, 1.54) is 6.92 Å². The summed E-state index contributed by atoms with van der Waals surface area (Å²) in [6.07, 6.45) is 0.628. The summed E-state index contributed by atoms with van der Waals surface area (Å²) in [4.78, 5) is 29.1. The Morgan fingerprint density at radius 3 is 2.03 bits per heavy atom. The third kappa shape index (κ3) is 3.87. The van der Waals surface area contributed by atoms with Crippen LogP contribution in [-0.2, 0) is 16.2 Å². The molecule has 3 aromatic carbocycles. The molecule has 5 heteroatoms. The third-order valence-electron chi connectivity index (χ3n) is 5.43. The summed E-state index contributed by atoms with van der Waals surface area (Å²) in [5.41, 5.74) is 5.09. The van der Waals surface area contributed by atoms with Gasteiger partial charge in [-0.2, -0.15) is 0 Å². The maximum atomic E-state index is 13.0. The number of carbonyl (C=O) groups excluding carboxylic acids is 2. The van der Waals surface area contributed by atoms with Gasteiger partial charge in [-0.15, -0.1) is 0 Å². The number of hydrogen-bond acceptors (Lipinski definition) is 4. The molecule has 0 saturated heterocycles. The highest BCUT2D eigenvalue weighted by Gasteiger charge is 2.15. The zero-order valence-corrected chi connectivity index (χ0v) is 17.9. The molecule has 0 saturated carbocycles. The van der Waals surface area contributed by atoms with Crippen LogP contribution in [0.15, 0.2) is 71.9 Å². The smallest absolute Gasteiger partial charge is 0.331 e. The Labute approximate surface area is 180 Å². The van der Waals surface area contributed by atoms with Crippen molar-refractivity contribution in [2.24, 2.45) is 5.16 Å². The summed E-state index contributed by atoms with van der Waals surface area (Å²) in [5.74, 6) is -0.444. The molecule has 0 aliphatic carbocycles. The van der Waals surface area contributed by atoms with Crippen molar-refractivity contribution < 1.29 is 14.4 Å². The average molecular weight is 412 g/mol. The summed E-state index contributed by atoms with van der Waals surface area (Å²) >= 11 is 0. The lowest BCUT2D eigenvalue weighted by Gasteiger charge is -2.05. The van der Waals surface area contributed by atoms with E-state index < -0.39 is 5.97 Å². The van der Waals surface area contributed by atoms with Crippen molar-refractivity contribution in [1.82, 2.24) is 4.57 Å². The standard InChI is InChI=1S/C26H24N2O3/c1-4-23(27-31-17(3)29)19-11-13-24-21(15-19)22-16-20(12-14-25(22)28(24)5-2)26(30)18-9-7-6-8-10-18/h6-16H,4-5H2,1-3H3/b27-23+. The molecular formula is C26H24N2O3. The molecule has 0 amide bonds. The van der Waals surface area contributed by atoms with Crippen molar-refractivity contribution in [1.29, 1.82) is 0 Å². The van der Waals surface area contributed by atoms with Gasteiger partial charge in [-0.3, -0.25) is 4.79 Å². The lowest BCUT2D eigenvalue weighted by molar-refractivity contribution is -0.140. The molecule has 0 bridgehead atoms. The first-order valence-electron chi connectivity index (χ1n) is 10.4. The Balaban J connectivity index is 1.89. The molecule has 1 heterocycles. The van der Waals surface area contributed by atoms with Crippen LogP contribution in [0.5, 0.6) is 0 Å². The fraction of sp³-hybridized carbons (Fsp3) is 0.192. The van der Waals surface area contributed by atoms with Crippen LogP contribution in [0.25, 0.3) is 21.8 Å². The Morgan fingerprint density at radius 1 is 0.839 bits per heavy atom. The van der Waals surface area contributed by atoms with Gasteiger partial charge in [0.05, 0.1) is 5.71 Å². The third-order valence-corrected chi connectivity index (χ3v) is 5.43. The summed E-state index contributed by atoms with van der Waals surface area (Å²) in [6.45, 7) is 6.22. The molecule has 0 N–H and O–H groups in total. The number of aromatic nitrogens is 1. The normalized spacial score (nSPS) is 11.8. The quantitative estimate of drug-likeness (QED) is 0.176. The highest BCUT2D eigenvalue weighted by molar-refractivity contribution is 6.16. The van der Waals surface area contributed by atoms with Crippen molar-refractivity contribution in [2.45, 2.75) is 33.7 Å². The number of ketones is 1. The summed E-state index contributed by atoms with van der Waals surface area (Å²) in [5, 5.41) is 6.08. The lowest BCUT2D eigenvalue weighted by Crippen LogP contribution is -2.02. The van der Waals surface area contributed by atoms with Crippen molar-refractivity contribution in [3.05, 3.63) is 83.4 Å². The molecule has 0 unspecified atom stereocenters. The molecule has 1 aromatic heterocycles. The minimum Gasteiger partial charge on any atom is -0.341 e. The lowest BCUT2D eigenvalue weighted by atomic mass is 10.00. The molecular weight excluding hydrogens is 388 g/mol. The van der Waals surface area contributed by atoms with Gasteiger partial charge in [0.15, 0.2) is 5.78 Å². The maximum absolute atomic E-state index is 13.0. The van der Waals surface area contributed by atoms with Crippen molar-refractivity contribution in [2.75, 3.05) is 0 Å². The molecule has 0 aliphatic heterocycles. The van der Waals surface area contributed by atoms with Crippen LogP contribution in [-0.4, -0.2) is 22.0 Å². The van der Waals surface area contributed by atoms with Gasteiger partial charge in [0.25, 0.3) is 0 Å². The second-order valence-corrected chi connectivity index (χ2v) is 7.38. The molecule has 31 heavy (non-hydrogen) atoms. The largest absolute Gasteiger partial charge is 0.341 e. The topological polar surface area (TPSA) is 60.7 Å². The van der Waals surface area contributed by atoms with Crippen molar-refractivity contribution >= 4 is 39.3 Å². The van der Waals surface area contributed by atoms with Crippen LogP contribution < -0.4 is 0 Å². The summed E-state index contributed by atoms with van der Waals surface area (Å²) in [7, 11) is 0. The maximum Gasteiger partial charge on any atom is 0.331 e. The number of benzene rings is 3. The Bertz CT molecular complexity index is 1320. The predicted octanol–water partition coefficient (Wildman–Crippen LogP) is 5.72. The van der Waals surface area contributed by atoms with Crippen LogP contribution in [0.1, 0.15) is 48.7 Å². The van der Waals surface area contributed by atoms with Gasteiger partial charge in [0.2, 0.25) is 0 Å². The molecule has 156 valence electrons. The average Bonchev–Trinajstić information content (AvgIpc) is 3.11. The van der Waals surface area contributed by atoms with Crippen molar-refractivity contribution in [3.63, 3.8) is 0 Å². The molecule has 4 aromatic rings. The van der Waals surface area contributed by atoms with Gasteiger partial charge in [-0.25, -0.2) is 4.79 Å². The van der Waals surface area contributed by atoms with E-state index in [4.69, 9.17) is 4.84 Å². The van der Waals surface area contributed by atoms with Crippen LogP contribution in [0.3, 0.4) is 0 Å². The summed E-state index contributed by atoms with van der Waals surface area (Å²) < 4.78 is 2.24. The number of nitrogens with zero attached hydrogens (tertiary/aromatic N) is 2. The van der Waals surface area contributed by atoms with Crippen LogP contribution in [0.2, 0.25) is 0 Å². The predicted molar refractivity (Wildman–Crippen MR) is 124 cm³/mol. The highest BCUT2D eigenvalue weighted by atomic mass is 16.7. The van der Waals surface area contributed by atoms with Gasteiger partial charge in [-0.05, 0) is 43.7 Å². The van der Waals surface area contributed by atoms with Crippen LogP contribution in [0, 0.1) is 0 Å². The molecule has 0 spiro atoms. The number of aryl methyl sites for hydroxylation is 1. The molecule has 0 aliphatic rings. The van der Waals surface area contributed by atoms with Gasteiger partial charge in [0, 0.05) is 52.0 Å². The van der Waals surface area contributed by atoms with Crippen LogP contribution >= 0.6 is 0 Å². The number of rotatable bonds is 6. The first kappa shape index (κ1) is 20.5. The second-order valence-electron chi connectivity index (χ2n) is 7.38. The Hall–Kier alpha value is -3.73. The van der Waals surface area contributed by atoms with E-state index in [0.29, 0.717) is 23.3 Å². The van der Waals surface area contributed by atoms with Gasteiger partial charge >= 0.3 is 5.97 Å². The Kier molecular flexibility index (Phi) is 5.67. The van der Waals surface area contributed by atoms with E-state index >= 15 is 0 Å². The van der Waals surface area contributed by atoms with Crippen molar-refractivity contribution in [3.8, 4) is 0 Å². The Morgan fingerprint density at radius 2 is 1.45 bits per heavy atom. The SMILES string of the molecule is CC/C(=N\OC(C)=O)c1ccc2c(c1)c1cc(C(=O)c3ccccc3)ccc1n2CC.